The summed E-state index contributed by atoms with van der Waals surface area (Å²) >= 11 is 5.94. The number of hydrogen-bond acceptors (Lipinski definition) is 5. The lowest BCUT2D eigenvalue weighted by atomic mass is 10.1. The molecule has 0 atom stereocenters. The molecular weight excluding hydrogens is 424 g/mol. The molecule has 1 aliphatic rings. The molecule has 3 aromatic heterocycles. The lowest BCUT2D eigenvalue weighted by Crippen LogP contribution is -2.48. The number of amides is 1. The van der Waals surface area contributed by atoms with Crippen molar-refractivity contribution in [3.63, 3.8) is 0 Å². The van der Waals surface area contributed by atoms with Gasteiger partial charge in [0.2, 0.25) is 0 Å². The minimum Gasteiger partial charge on any atom is -0.336 e. The Kier molecular flexibility index (Phi) is 5.59. The number of aryl methyl sites for hydroxylation is 1. The predicted octanol–water partition coefficient (Wildman–Crippen LogP) is 3.64. The molecule has 1 aromatic carbocycles. The van der Waals surface area contributed by atoms with Gasteiger partial charge in [-0.25, -0.2) is 9.97 Å². The van der Waals surface area contributed by atoms with E-state index in [1.165, 1.54) is 5.56 Å². The zero-order valence-corrected chi connectivity index (χ0v) is 18.5. The van der Waals surface area contributed by atoms with E-state index < -0.39 is 0 Å². The first-order valence-corrected chi connectivity index (χ1v) is 11.0. The highest BCUT2D eigenvalue weighted by atomic mass is 35.5. The standard InChI is InChI=1S/C24H23ClN6O/c1-29-23-20(15-27-29)19(13-21(28-23)18-7-8-22(25)26-14-18)24(32)31-11-9-30(10-12-31)16-17-5-3-2-4-6-17/h2-8,13-15H,9-12,16H2,1H3. The SMILES string of the molecule is Cn1ncc2c(C(=O)N3CCN(Cc4ccccc4)CC3)cc(-c3ccc(Cl)nc3)nc21. The quantitative estimate of drug-likeness (QED) is 0.448. The number of carbonyl (C=O) groups is 1. The van der Waals surface area contributed by atoms with Crippen molar-refractivity contribution in [1.29, 1.82) is 0 Å². The van der Waals surface area contributed by atoms with Crippen LogP contribution in [0.4, 0.5) is 0 Å². The summed E-state index contributed by atoms with van der Waals surface area (Å²) in [6.45, 7) is 3.96. The number of pyridine rings is 2. The topological polar surface area (TPSA) is 67.2 Å². The molecule has 8 heteroatoms. The second-order valence-electron chi connectivity index (χ2n) is 7.98. The molecule has 5 rings (SSSR count). The smallest absolute Gasteiger partial charge is 0.254 e. The number of fused-ring (bicyclic) bond motifs is 1. The Labute approximate surface area is 191 Å². The average molecular weight is 447 g/mol. The van der Waals surface area contributed by atoms with E-state index in [-0.39, 0.29) is 5.91 Å². The number of aromatic nitrogens is 4. The molecule has 0 spiro atoms. The van der Waals surface area contributed by atoms with Gasteiger partial charge in [-0.2, -0.15) is 5.10 Å². The zero-order chi connectivity index (χ0) is 22.1. The molecule has 1 saturated heterocycles. The van der Waals surface area contributed by atoms with Gasteiger partial charge in [-0.3, -0.25) is 14.4 Å². The maximum atomic E-state index is 13.5. The minimum absolute atomic E-state index is 0.00735. The second-order valence-corrected chi connectivity index (χ2v) is 8.37. The summed E-state index contributed by atoms with van der Waals surface area (Å²) in [6.07, 6.45) is 3.38. The normalized spacial score (nSPS) is 14.8. The van der Waals surface area contributed by atoms with Crippen LogP contribution < -0.4 is 0 Å². The fourth-order valence-corrected chi connectivity index (χ4v) is 4.20. The summed E-state index contributed by atoms with van der Waals surface area (Å²) < 4.78 is 1.69. The van der Waals surface area contributed by atoms with E-state index in [9.17, 15) is 4.79 Å². The van der Waals surface area contributed by atoms with Gasteiger partial charge in [0, 0.05) is 51.5 Å². The predicted molar refractivity (Wildman–Crippen MR) is 124 cm³/mol. The van der Waals surface area contributed by atoms with Crippen molar-refractivity contribution in [3.05, 3.63) is 77.2 Å². The van der Waals surface area contributed by atoms with Crippen LogP contribution in [-0.4, -0.2) is 61.6 Å². The number of hydrogen-bond donors (Lipinski definition) is 0. The van der Waals surface area contributed by atoms with Crippen LogP contribution >= 0.6 is 11.6 Å². The molecule has 0 radical (unpaired) electrons. The Morgan fingerprint density at radius 2 is 1.81 bits per heavy atom. The van der Waals surface area contributed by atoms with Gasteiger partial charge in [0.05, 0.1) is 22.8 Å². The van der Waals surface area contributed by atoms with Crippen LogP contribution in [0.15, 0.2) is 60.9 Å². The highest BCUT2D eigenvalue weighted by Crippen LogP contribution is 2.26. The summed E-state index contributed by atoms with van der Waals surface area (Å²) in [4.78, 5) is 26.7. The molecule has 7 nitrogen and oxygen atoms in total. The maximum Gasteiger partial charge on any atom is 0.254 e. The monoisotopic (exact) mass is 446 g/mol. The number of benzene rings is 1. The van der Waals surface area contributed by atoms with E-state index in [1.54, 1.807) is 23.1 Å². The minimum atomic E-state index is 0.00735. The van der Waals surface area contributed by atoms with Gasteiger partial charge in [0.1, 0.15) is 5.15 Å². The highest BCUT2D eigenvalue weighted by molar-refractivity contribution is 6.29. The zero-order valence-electron chi connectivity index (χ0n) is 17.8. The lowest BCUT2D eigenvalue weighted by Gasteiger charge is -2.35. The van der Waals surface area contributed by atoms with Crippen LogP contribution in [0, 0.1) is 0 Å². The lowest BCUT2D eigenvalue weighted by molar-refractivity contribution is 0.0630. The van der Waals surface area contributed by atoms with Crippen LogP contribution in [-0.2, 0) is 13.6 Å². The molecule has 4 heterocycles. The van der Waals surface area contributed by atoms with Gasteiger partial charge in [-0.15, -0.1) is 0 Å². The summed E-state index contributed by atoms with van der Waals surface area (Å²) in [5.74, 6) is 0.00735. The maximum absolute atomic E-state index is 13.5. The van der Waals surface area contributed by atoms with Gasteiger partial charge in [-0.05, 0) is 23.8 Å². The summed E-state index contributed by atoms with van der Waals surface area (Å²) in [5.41, 5.74) is 4.06. The molecule has 0 bridgehead atoms. The molecular formula is C24H23ClN6O. The van der Waals surface area contributed by atoms with Crippen molar-refractivity contribution in [2.45, 2.75) is 6.54 Å². The third kappa shape index (κ3) is 4.09. The van der Waals surface area contributed by atoms with Crippen molar-refractivity contribution < 1.29 is 4.79 Å². The van der Waals surface area contributed by atoms with Crippen molar-refractivity contribution >= 4 is 28.5 Å². The van der Waals surface area contributed by atoms with E-state index >= 15 is 0 Å². The van der Waals surface area contributed by atoms with Crippen LogP contribution in [0.5, 0.6) is 0 Å². The van der Waals surface area contributed by atoms with E-state index in [0.29, 0.717) is 35.1 Å². The third-order valence-corrected chi connectivity index (χ3v) is 6.09. The summed E-state index contributed by atoms with van der Waals surface area (Å²) in [6, 6.07) is 15.9. The van der Waals surface area contributed by atoms with Crippen LogP contribution in [0.3, 0.4) is 0 Å². The molecule has 162 valence electrons. The fourth-order valence-electron chi connectivity index (χ4n) is 4.09. The molecule has 1 aliphatic heterocycles. The summed E-state index contributed by atoms with van der Waals surface area (Å²) in [5, 5.41) is 5.51. The van der Waals surface area contributed by atoms with Crippen LogP contribution in [0.2, 0.25) is 5.15 Å². The van der Waals surface area contributed by atoms with Gasteiger partial charge < -0.3 is 4.90 Å². The Morgan fingerprint density at radius 1 is 1.03 bits per heavy atom. The molecule has 1 fully saturated rings. The largest absolute Gasteiger partial charge is 0.336 e. The van der Waals surface area contributed by atoms with Gasteiger partial charge >= 0.3 is 0 Å². The van der Waals surface area contributed by atoms with E-state index in [2.05, 4.69) is 39.2 Å². The van der Waals surface area contributed by atoms with Gasteiger partial charge in [0.25, 0.3) is 5.91 Å². The van der Waals surface area contributed by atoms with Crippen LogP contribution in [0.25, 0.3) is 22.3 Å². The Bertz CT molecular complexity index is 1250. The molecule has 0 aliphatic carbocycles. The van der Waals surface area contributed by atoms with Gasteiger partial charge in [-0.1, -0.05) is 41.9 Å². The van der Waals surface area contributed by atoms with Crippen molar-refractivity contribution in [3.8, 4) is 11.3 Å². The molecule has 32 heavy (non-hydrogen) atoms. The number of carbonyl (C=O) groups excluding carboxylic acids is 1. The Hall–Kier alpha value is -3.29. The van der Waals surface area contributed by atoms with Crippen molar-refractivity contribution in [1.82, 2.24) is 29.5 Å². The summed E-state index contributed by atoms with van der Waals surface area (Å²) in [7, 11) is 1.83. The first kappa shape index (κ1) is 20.6. The van der Waals surface area contributed by atoms with Gasteiger partial charge in [0.15, 0.2) is 5.65 Å². The molecule has 0 unspecified atom stereocenters. The molecule has 1 amide bonds. The molecule has 4 aromatic rings. The number of piperazine rings is 1. The third-order valence-electron chi connectivity index (χ3n) is 5.87. The van der Waals surface area contributed by atoms with E-state index in [0.717, 1.165) is 30.6 Å². The number of halogens is 1. The number of rotatable bonds is 4. The van der Waals surface area contributed by atoms with Crippen molar-refractivity contribution in [2.75, 3.05) is 26.2 Å². The van der Waals surface area contributed by atoms with E-state index in [4.69, 9.17) is 16.6 Å². The molecule has 0 N–H and O–H groups in total. The van der Waals surface area contributed by atoms with Crippen molar-refractivity contribution in [2.24, 2.45) is 7.05 Å². The fraction of sp³-hybridized carbons (Fsp3) is 0.250. The first-order chi connectivity index (χ1) is 15.6. The van der Waals surface area contributed by atoms with Crippen LogP contribution in [0.1, 0.15) is 15.9 Å². The number of nitrogens with zero attached hydrogens (tertiary/aromatic N) is 6. The molecule has 0 saturated carbocycles. The Balaban J connectivity index is 1.39. The van der Waals surface area contributed by atoms with E-state index in [1.807, 2.05) is 30.1 Å². The second kappa shape index (κ2) is 8.68. The average Bonchev–Trinajstić information content (AvgIpc) is 3.20. The Morgan fingerprint density at radius 3 is 2.53 bits per heavy atom. The first-order valence-electron chi connectivity index (χ1n) is 10.6. The highest BCUT2D eigenvalue weighted by Gasteiger charge is 2.25.